The first kappa shape index (κ1) is 18.8. The number of carbonyl (C=O) groups is 1. The number of amides is 1. The minimum absolute atomic E-state index is 0.124. The maximum atomic E-state index is 11.3. The summed E-state index contributed by atoms with van der Waals surface area (Å²) in [5.41, 5.74) is 7.26. The summed E-state index contributed by atoms with van der Waals surface area (Å²) < 4.78 is 12.2. The van der Waals surface area contributed by atoms with Crippen LogP contribution in [0.3, 0.4) is 0 Å². The average Bonchev–Trinajstić information content (AvgIpc) is 2.65. The fraction of sp³-hybridized carbons (Fsp3) is 0.471. The van der Waals surface area contributed by atoms with E-state index in [9.17, 15) is 4.79 Å². The van der Waals surface area contributed by atoms with Crippen LogP contribution in [-0.4, -0.2) is 30.8 Å². The second-order valence-electron chi connectivity index (χ2n) is 6.99. The quantitative estimate of drug-likeness (QED) is 0.646. The number of carbonyl (C=O) groups excluding carboxylic acids is 1. The Morgan fingerprint density at radius 3 is 2.38 bits per heavy atom. The highest BCUT2D eigenvalue weighted by atomic mass is 35.5. The van der Waals surface area contributed by atoms with Gasteiger partial charge in [0.15, 0.2) is 0 Å². The molecular weight excluding hydrogens is 326 g/mol. The van der Waals surface area contributed by atoms with E-state index in [1.165, 1.54) is 6.92 Å². The number of nitrogen functional groups attached to an aromatic ring is 1. The van der Waals surface area contributed by atoms with E-state index in [4.69, 9.17) is 26.6 Å². The van der Waals surface area contributed by atoms with Crippen LogP contribution < -0.4 is 11.1 Å². The number of rotatable bonds is 4. The second-order valence-corrected chi connectivity index (χ2v) is 7.43. The van der Waals surface area contributed by atoms with E-state index < -0.39 is 18.3 Å². The predicted octanol–water partition coefficient (Wildman–Crippen LogP) is 3.07. The molecule has 0 unspecified atom stereocenters. The van der Waals surface area contributed by atoms with Gasteiger partial charge < -0.3 is 20.4 Å². The standard InChI is InChI=1S/C17H24BClN2O3/c1-11(22)21-10-13(8-12-6-7-14(19)9-15(12)20)18-23-16(2,3)17(4,5)24-18/h6-9H,10,20H2,1-5H3,(H,21,22). The predicted molar refractivity (Wildman–Crippen MR) is 98.6 cm³/mol. The number of halogens is 1. The summed E-state index contributed by atoms with van der Waals surface area (Å²) in [6.07, 6.45) is 1.88. The summed E-state index contributed by atoms with van der Waals surface area (Å²) in [6, 6.07) is 5.29. The van der Waals surface area contributed by atoms with E-state index in [0.717, 1.165) is 11.0 Å². The van der Waals surface area contributed by atoms with Crippen molar-refractivity contribution in [2.24, 2.45) is 0 Å². The van der Waals surface area contributed by atoms with Crippen molar-refractivity contribution in [2.75, 3.05) is 12.3 Å². The molecule has 5 nitrogen and oxygen atoms in total. The summed E-state index contributed by atoms with van der Waals surface area (Å²) in [6.45, 7) is 9.73. The number of nitrogens with two attached hydrogens (primary N) is 1. The van der Waals surface area contributed by atoms with Crippen molar-refractivity contribution in [2.45, 2.75) is 45.8 Å². The van der Waals surface area contributed by atoms with Crippen molar-refractivity contribution in [1.29, 1.82) is 0 Å². The van der Waals surface area contributed by atoms with E-state index >= 15 is 0 Å². The van der Waals surface area contributed by atoms with Gasteiger partial charge in [-0.3, -0.25) is 4.79 Å². The van der Waals surface area contributed by atoms with Gasteiger partial charge in [0.1, 0.15) is 0 Å². The van der Waals surface area contributed by atoms with Crippen LogP contribution >= 0.6 is 11.6 Å². The van der Waals surface area contributed by atoms with E-state index in [1.54, 1.807) is 12.1 Å². The molecule has 1 heterocycles. The van der Waals surface area contributed by atoms with Crippen LogP contribution in [0.4, 0.5) is 5.69 Å². The monoisotopic (exact) mass is 350 g/mol. The Hall–Kier alpha value is -1.50. The van der Waals surface area contributed by atoms with Crippen molar-refractivity contribution >= 4 is 36.4 Å². The maximum absolute atomic E-state index is 11.3. The normalized spacial score (nSPS) is 19.4. The zero-order chi connectivity index (χ0) is 18.1. The van der Waals surface area contributed by atoms with Crippen molar-refractivity contribution in [1.82, 2.24) is 5.32 Å². The Morgan fingerprint density at radius 2 is 1.88 bits per heavy atom. The zero-order valence-electron chi connectivity index (χ0n) is 14.8. The number of hydrogen-bond acceptors (Lipinski definition) is 4. The maximum Gasteiger partial charge on any atom is 0.492 e. The van der Waals surface area contributed by atoms with Crippen molar-refractivity contribution < 1.29 is 14.1 Å². The van der Waals surface area contributed by atoms with Gasteiger partial charge in [-0.25, -0.2) is 0 Å². The van der Waals surface area contributed by atoms with Crippen LogP contribution in [0.2, 0.25) is 5.02 Å². The summed E-state index contributed by atoms with van der Waals surface area (Å²) in [4.78, 5) is 11.3. The first-order valence-corrected chi connectivity index (χ1v) is 8.25. The first-order valence-electron chi connectivity index (χ1n) is 7.87. The van der Waals surface area contributed by atoms with Gasteiger partial charge in [-0.1, -0.05) is 23.7 Å². The molecule has 0 aromatic heterocycles. The van der Waals surface area contributed by atoms with E-state index in [2.05, 4.69) is 5.32 Å². The van der Waals surface area contributed by atoms with E-state index in [1.807, 2.05) is 39.8 Å². The number of hydrogen-bond donors (Lipinski definition) is 2. The fourth-order valence-corrected chi connectivity index (χ4v) is 2.48. The molecule has 0 atom stereocenters. The van der Waals surface area contributed by atoms with Crippen LogP contribution in [0.25, 0.3) is 6.08 Å². The average molecular weight is 351 g/mol. The smallest absolute Gasteiger partial charge is 0.400 e. The number of nitrogens with one attached hydrogen (secondary N) is 1. The highest BCUT2D eigenvalue weighted by Gasteiger charge is 2.52. The fourth-order valence-electron chi connectivity index (χ4n) is 2.30. The summed E-state index contributed by atoms with van der Waals surface area (Å²) in [7, 11) is -0.558. The largest absolute Gasteiger partial charge is 0.492 e. The van der Waals surface area contributed by atoms with Gasteiger partial charge in [-0.15, -0.1) is 0 Å². The van der Waals surface area contributed by atoms with Crippen LogP contribution in [0.5, 0.6) is 0 Å². The molecule has 1 aliphatic rings. The van der Waals surface area contributed by atoms with Crippen LogP contribution in [0.15, 0.2) is 23.7 Å². The molecule has 7 heteroatoms. The molecule has 2 rings (SSSR count). The first-order chi connectivity index (χ1) is 11.0. The molecule has 1 amide bonds. The van der Waals surface area contributed by atoms with Crippen molar-refractivity contribution in [3.8, 4) is 0 Å². The summed E-state index contributed by atoms with van der Waals surface area (Å²) in [5.74, 6) is -0.124. The molecule has 0 bridgehead atoms. The lowest BCUT2D eigenvalue weighted by Crippen LogP contribution is -2.41. The van der Waals surface area contributed by atoms with Crippen molar-refractivity contribution in [3.05, 3.63) is 34.3 Å². The van der Waals surface area contributed by atoms with Gasteiger partial charge in [0.25, 0.3) is 0 Å². The summed E-state index contributed by atoms with van der Waals surface area (Å²) in [5, 5.41) is 3.37. The molecular formula is C17H24BClN2O3. The molecule has 1 fully saturated rings. The van der Waals surface area contributed by atoms with Gasteiger partial charge in [-0.2, -0.15) is 0 Å². The highest BCUT2D eigenvalue weighted by Crippen LogP contribution is 2.39. The Morgan fingerprint density at radius 1 is 1.29 bits per heavy atom. The topological polar surface area (TPSA) is 73.6 Å². The minimum atomic E-state index is -0.558. The van der Waals surface area contributed by atoms with Crippen molar-refractivity contribution in [3.63, 3.8) is 0 Å². The van der Waals surface area contributed by atoms with Crippen LogP contribution in [0, 0.1) is 0 Å². The Balaban J connectivity index is 2.35. The molecule has 1 aromatic carbocycles. The minimum Gasteiger partial charge on any atom is -0.400 e. The van der Waals surface area contributed by atoms with Crippen LogP contribution in [-0.2, 0) is 14.1 Å². The van der Waals surface area contributed by atoms with Gasteiger partial charge in [-0.05, 0) is 50.9 Å². The lowest BCUT2D eigenvalue weighted by Gasteiger charge is -2.32. The molecule has 1 saturated heterocycles. The number of benzene rings is 1. The third-order valence-electron chi connectivity index (χ3n) is 4.49. The third-order valence-corrected chi connectivity index (χ3v) is 4.72. The lowest BCUT2D eigenvalue weighted by molar-refractivity contribution is -0.118. The van der Waals surface area contributed by atoms with E-state index in [-0.39, 0.29) is 5.91 Å². The Bertz CT molecular complexity index is 658. The second kappa shape index (κ2) is 6.79. The van der Waals surface area contributed by atoms with Crippen LogP contribution in [0.1, 0.15) is 40.2 Å². The molecule has 1 aromatic rings. The molecule has 0 radical (unpaired) electrons. The van der Waals surface area contributed by atoms with E-state index in [0.29, 0.717) is 17.3 Å². The highest BCUT2D eigenvalue weighted by molar-refractivity contribution is 6.56. The SMILES string of the molecule is CC(=O)NCC(=Cc1ccc(Cl)cc1N)B1OC(C)(C)C(C)(C)O1. The molecule has 1 aliphatic heterocycles. The zero-order valence-corrected chi connectivity index (χ0v) is 15.5. The van der Waals surface area contributed by atoms with Gasteiger partial charge in [0.2, 0.25) is 5.91 Å². The van der Waals surface area contributed by atoms with Gasteiger partial charge in [0, 0.05) is 24.2 Å². The number of anilines is 1. The Labute approximate surface area is 148 Å². The third kappa shape index (κ3) is 4.12. The lowest BCUT2D eigenvalue weighted by atomic mass is 9.77. The molecule has 0 spiro atoms. The summed E-state index contributed by atoms with van der Waals surface area (Å²) >= 11 is 5.95. The Kier molecular flexibility index (Phi) is 5.33. The molecule has 0 saturated carbocycles. The van der Waals surface area contributed by atoms with Gasteiger partial charge >= 0.3 is 7.12 Å². The molecule has 3 N–H and O–H groups in total. The van der Waals surface area contributed by atoms with Gasteiger partial charge in [0.05, 0.1) is 11.2 Å². The molecule has 24 heavy (non-hydrogen) atoms. The molecule has 130 valence electrons. The molecule has 0 aliphatic carbocycles.